The average molecular weight is 530 g/mol. The summed E-state index contributed by atoms with van der Waals surface area (Å²) < 4.78 is 16.6. The summed E-state index contributed by atoms with van der Waals surface area (Å²) in [6, 6.07) is 14.0. The van der Waals surface area contributed by atoms with Crippen molar-refractivity contribution in [2.45, 2.75) is 24.9 Å². The fourth-order valence-electron chi connectivity index (χ4n) is 4.09. The molecule has 0 aromatic heterocycles. The molecule has 196 valence electrons. The first-order valence-electron chi connectivity index (χ1n) is 11.7. The van der Waals surface area contributed by atoms with Crippen molar-refractivity contribution in [2.75, 3.05) is 32.1 Å². The quantitative estimate of drug-likeness (QED) is 0.201. The molecule has 2 saturated heterocycles. The van der Waals surface area contributed by atoms with Gasteiger partial charge in [0.05, 0.1) is 11.5 Å². The average Bonchev–Trinajstić information content (AvgIpc) is 2.93. The number of β-lactam (4-membered cyclic amide) rings is 1. The Morgan fingerprint density at radius 3 is 2.59 bits per heavy atom. The van der Waals surface area contributed by atoms with Crippen molar-refractivity contribution in [3.8, 4) is 5.75 Å². The number of non-ortho nitro benzene ring substituents is 1. The van der Waals surface area contributed by atoms with E-state index in [1.807, 2.05) is 13.0 Å². The van der Waals surface area contributed by atoms with E-state index >= 15 is 0 Å². The van der Waals surface area contributed by atoms with Crippen molar-refractivity contribution >= 4 is 35.2 Å². The Bertz CT molecular complexity index is 1150. The van der Waals surface area contributed by atoms with E-state index in [1.54, 1.807) is 29.2 Å². The largest absolute Gasteiger partial charge is 0.484 e. The predicted molar refractivity (Wildman–Crippen MR) is 134 cm³/mol. The SMILES string of the molecule is CCOCC1(C(=O)OCc2ccc([N+](=O)[O-])cc2)CS[C@@H]2C(NC(=O)COc3ccccc3)C(=O)N2C1. The van der Waals surface area contributed by atoms with E-state index in [0.717, 1.165) is 0 Å². The van der Waals surface area contributed by atoms with Crippen molar-refractivity contribution < 1.29 is 33.5 Å². The molecule has 3 atom stereocenters. The number of nitro benzene ring substituents is 1. The number of hydrogen-bond donors (Lipinski definition) is 1. The summed E-state index contributed by atoms with van der Waals surface area (Å²) in [5.74, 6) is -0.306. The first-order chi connectivity index (χ1) is 17.8. The van der Waals surface area contributed by atoms with Crippen LogP contribution in [0.3, 0.4) is 0 Å². The number of fused-ring (bicyclic) bond motifs is 1. The third-order valence-electron chi connectivity index (χ3n) is 6.11. The molecule has 2 aromatic carbocycles. The van der Waals surface area contributed by atoms with Gasteiger partial charge in [-0.3, -0.25) is 24.5 Å². The van der Waals surface area contributed by atoms with E-state index in [2.05, 4.69) is 5.32 Å². The number of nitro groups is 1. The molecule has 2 amide bonds. The van der Waals surface area contributed by atoms with Gasteiger partial charge in [0.15, 0.2) is 6.61 Å². The van der Waals surface area contributed by atoms with Crippen LogP contribution >= 0.6 is 11.8 Å². The van der Waals surface area contributed by atoms with Gasteiger partial charge in [0.1, 0.15) is 29.2 Å². The summed E-state index contributed by atoms with van der Waals surface area (Å²) in [5.41, 5.74) is -0.520. The van der Waals surface area contributed by atoms with Crippen molar-refractivity contribution in [2.24, 2.45) is 5.41 Å². The third kappa shape index (κ3) is 6.03. The number of esters is 1. The van der Waals surface area contributed by atoms with Gasteiger partial charge in [-0.25, -0.2) is 0 Å². The Morgan fingerprint density at radius 2 is 1.92 bits per heavy atom. The molecule has 2 unspecified atom stereocenters. The molecule has 12 heteroatoms. The molecule has 11 nitrogen and oxygen atoms in total. The number of thioether (sulfide) groups is 1. The Hall–Kier alpha value is -3.64. The van der Waals surface area contributed by atoms with Gasteiger partial charge in [-0.05, 0) is 36.8 Å². The highest BCUT2D eigenvalue weighted by Gasteiger charge is 2.58. The van der Waals surface area contributed by atoms with Gasteiger partial charge in [0.2, 0.25) is 5.91 Å². The lowest BCUT2D eigenvalue weighted by atomic mass is 9.88. The summed E-state index contributed by atoms with van der Waals surface area (Å²) in [5, 5.41) is 13.3. The minimum atomic E-state index is -1.07. The number of para-hydroxylation sites is 1. The number of nitrogens with zero attached hydrogens (tertiary/aromatic N) is 2. The molecule has 0 bridgehead atoms. The molecular formula is C25H27N3O8S. The minimum Gasteiger partial charge on any atom is -0.484 e. The van der Waals surface area contributed by atoms with Crippen LogP contribution in [0.1, 0.15) is 12.5 Å². The number of carbonyl (C=O) groups excluding carboxylic acids is 3. The van der Waals surface area contributed by atoms with Crippen LogP contribution in [0.25, 0.3) is 0 Å². The highest BCUT2D eigenvalue weighted by Crippen LogP contribution is 2.43. The van der Waals surface area contributed by atoms with Crippen LogP contribution in [0, 0.1) is 15.5 Å². The van der Waals surface area contributed by atoms with Crippen LogP contribution in [0.5, 0.6) is 5.75 Å². The van der Waals surface area contributed by atoms with Gasteiger partial charge in [0, 0.05) is 31.0 Å². The Kier molecular flexibility index (Phi) is 8.29. The summed E-state index contributed by atoms with van der Waals surface area (Å²) in [6.45, 7) is 2.11. The first-order valence-corrected chi connectivity index (χ1v) is 12.8. The minimum absolute atomic E-state index is 0.0535. The lowest BCUT2D eigenvalue weighted by molar-refractivity contribution is -0.384. The first kappa shape index (κ1) is 26.4. The summed E-state index contributed by atoms with van der Waals surface area (Å²) in [7, 11) is 0. The zero-order chi connectivity index (χ0) is 26.4. The van der Waals surface area contributed by atoms with Crippen LogP contribution in [-0.2, 0) is 30.5 Å². The van der Waals surface area contributed by atoms with E-state index in [4.69, 9.17) is 14.2 Å². The molecule has 4 rings (SSSR count). The normalized spacial score (nSPS) is 22.4. The zero-order valence-electron chi connectivity index (χ0n) is 20.2. The van der Waals surface area contributed by atoms with Crippen molar-refractivity contribution in [3.63, 3.8) is 0 Å². The number of ether oxygens (including phenoxy) is 3. The molecule has 0 aliphatic carbocycles. The Balaban J connectivity index is 1.33. The predicted octanol–water partition coefficient (Wildman–Crippen LogP) is 2.14. The summed E-state index contributed by atoms with van der Waals surface area (Å²) in [6.07, 6.45) is 0. The molecule has 2 aromatic rings. The van der Waals surface area contributed by atoms with Gasteiger partial charge in [-0.1, -0.05) is 18.2 Å². The van der Waals surface area contributed by atoms with Crippen molar-refractivity contribution in [1.82, 2.24) is 10.2 Å². The van der Waals surface area contributed by atoms with Crippen LogP contribution < -0.4 is 10.1 Å². The standard InChI is InChI=1S/C25H27N3O8S/c1-2-34-15-25(24(31)36-12-17-8-10-18(11-9-17)28(32)33)14-27-22(30)21(23(27)37-16-25)26-20(29)13-35-19-6-4-3-5-7-19/h3-11,21,23H,2,12-16H2,1H3,(H,26,29)/t21?,23-,25?/m1/s1. The Morgan fingerprint density at radius 1 is 1.19 bits per heavy atom. The molecule has 2 fully saturated rings. The van der Waals surface area contributed by atoms with E-state index < -0.39 is 28.3 Å². The number of hydrogen-bond acceptors (Lipinski definition) is 9. The topological polar surface area (TPSA) is 137 Å². The van der Waals surface area contributed by atoms with Gasteiger partial charge < -0.3 is 24.4 Å². The molecule has 2 aliphatic rings. The van der Waals surface area contributed by atoms with Crippen LogP contribution in [0.4, 0.5) is 5.69 Å². The molecule has 2 aliphatic heterocycles. The van der Waals surface area contributed by atoms with E-state index in [0.29, 0.717) is 23.7 Å². The van der Waals surface area contributed by atoms with Crippen molar-refractivity contribution in [3.05, 3.63) is 70.3 Å². The maximum absolute atomic E-state index is 13.2. The summed E-state index contributed by atoms with van der Waals surface area (Å²) in [4.78, 5) is 50.3. The lowest BCUT2D eigenvalue weighted by Gasteiger charge is -2.53. The van der Waals surface area contributed by atoms with Gasteiger partial charge >= 0.3 is 5.97 Å². The fourth-order valence-corrected chi connectivity index (χ4v) is 5.61. The number of rotatable bonds is 11. The van der Waals surface area contributed by atoms with Crippen molar-refractivity contribution in [1.29, 1.82) is 0 Å². The highest BCUT2D eigenvalue weighted by molar-refractivity contribution is 8.00. The second-order valence-electron chi connectivity index (χ2n) is 8.73. The van der Waals surface area contributed by atoms with Gasteiger partial charge in [-0.2, -0.15) is 0 Å². The van der Waals surface area contributed by atoms with Crippen LogP contribution in [0.2, 0.25) is 0 Å². The fraction of sp³-hybridized carbons (Fsp3) is 0.400. The maximum atomic E-state index is 13.2. The summed E-state index contributed by atoms with van der Waals surface area (Å²) >= 11 is 1.39. The zero-order valence-corrected chi connectivity index (χ0v) is 21.0. The third-order valence-corrected chi connectivity index (χ3v) is 7.69. The number of nitrogens with one attached hydrogen (secondary N) is 1. The molecular weight excluding hydrogens is 502 g/mol. The van der Waals surface area contributed by atoms with Crippen LogP contribution in [-0.4, -0.2) is 71.1 Å². The monoisotopic (exact) mass is 529 g/mol. The molecule has 37 heavy (non-hydrogen) atoms. The molecule has 0 spiro atoms. The van der Waals surface area contributed by atoms with Gasteiger partial charge in [-0.15, -0.1) is 11.8 Å². The van der Waals surface area contributed by atoms with E-state index in [1.165, 1.54) is 36.0 Å². The number of benzene rings is 2. The maximum Gasteiger partial charge on any atom is 0.317 e. The lowest BCUT2D eigenvalue weighted by Crippen LogP contribution is -2.74. The number of amides is 2. The molecule has 2 heterocycles. The molecule has 0 saturated carbocycles. The van der Waals surface area contributed by atoms with Crippen LogP contribution in [0.15, 0.2) is 54.6 Å². The van der Waals surface area contributed by atoms with E-state index in [9.17, 15) is 24.5 Å². The smallest absolute Gasteiger partial charge is 0.317 e. The molecule has 1 N–H and O–H groups in total. The number of carbonyl (C=O) groups is 3. The second-order valence-corrected chi connectivity index (χ2v) is 9.84. The highest BCUT2D eigenvalue weighted by atomic mass is 32.2. The van der Waals surface area contributed by atoms with E-state index in [-0.39, 0.29) is 43.3 Å². The molecule has 0 radical (unpaired) electrons. The Labute approximate surface area is 217 Å². The second kappa shape index (κ2) is 11.6. The van der Waals surface area contributed by atoms with Gasteiger partial charge in [0.25, 0.3) is 11.6 Å².